The number of hydrogen-bond donors (Lipinski definition) is 0. The fourth-order valence-corrected chi connectivity index (χ4v) is 4.34. The minimum atomic E-state index is -0.397. The zero-order chi connectivity index (χ0) is 21.2. The van der Waals surface area contributed by atoms with Crippen molar-refractivity contribution < 1.29 is 13.7 Å². The third-order valence-corrected chi connectivity index (χ3v) is 6.11. The minimum Gasteiger partial charge on any atom is -0.353 e. The van der Waals surface area contributed by atoms with Gasteiger partial charge in [0.1, 0.15) is 11.6 Å². The highest BCUT2D eigenvalue weighted by Gasteiger charge is 2.25. The van der Waals surface area contributed by atoms with Crippen LogP contribution in [0.25, 0.3) is 11.4 Å². The Morgan fingerprint density at radius 2 is 1.87 bits per heavy atom. The number of aromatic nitrogens is 3. The smallest absolute Gasteiger partial charge is 0.254 e. The number of pyridine rings is 1. The van der Waals surface area contributed by atoms with E-state index in [1.165, 1.54) is 25.0 Å². The van der Waals surface area contributed by atoms with E-state index in [0.717, 1.165) is 30.1 Å². The highest BCUT2D eigenvalue weighted by Crippen LogP contribution is 2.33. The van der Waals surface area contributed by atoms with Crippen LogP contribution in [0.4, 0.5) is 10.2 Å². The van der Waals surface area contributed by atoms with Gasteiger partial charge in [-0.25, -0.2) is 9.37 Å². The summed E-state index contributed by atoms with van der Waals surface area (Å²) >= 11 is 0. The molecule has 160 valence electrons. The van der Waals surface area contributed by atoms with Crippen molar-refractivity contribution in [3.8, 4) is 11.4 Å². The van der Waals surface area contributed by atoms with Crippen LogP contribution in [0.3, 0.4) is 0 Å². The first-order valence-corrected chi connectivity index (χ1v) is 10.8. The van der Waals surface area contributed by atoms with Crippen LogP contribution in [-0.2, 0) is 0 Å². The number of rotatable bonds is 4. The van der Waals surface area contributed by atoms with Gasteiger partial charge in [-0.1, -0.05) is 24.1 Å². The third-order valence-electron chi connectivity index (χ3n) is 6.11. The van der Waals surface area contributed by atoms with Crippen molar-refractivity contribution in [3.05, 3.63) is 59.9 Å². The number of amides is 1. The van der Waals surface area contributed by atoms with Crippen LogP contribution in [0.15, 0.2) is 47.1 Å². The van der Waals surface area contributed by atoms with Gasteiger partial charge in [0.2, 0.25) is 11.7 Å². The molecule has 1 aromatic carbocycles. The van der Waals surface area contributed by atoms with E-state index < -0.39 is 5.82 Å². The zero-order valence-corrected chi connectivity index (χ0v) is 17.2. The average molecular weight is 421 g/mol. The third kappa shape index (κ3) is 4.15. The van der Waals surface area contributed by atoms with Gasteiger partial charge in [-0.15, -0.1) is 0 Å². The van der Waals surface area contributed by atoms with E-state index in [-0.39, 0.29) is 5.91 Å². The number of piperazine rings is 1. The van der Waals surface area contributed by atoms with E-state index in [1.807, 2.05) is 12.1 Å². The van der Waals surface area contributed by atoms with Gasteiger partial charge in [0.05, 0.1) is 0 Å². The molecule has 1 aliphatic heterocycles. The standard InChI is InChI=1S/C23H24FN5O2/c24-19-7-3-6-17(14-19)23(30)29-12-10-28(11-13-29)20-9-8-18(15-25-20)21-26-22(31-27-21)16-4-1-2-5-16/h3,6-9,14-16H,1-2,4-5,10-13H2. The van der Waals surface area contributed by atoms with Crippen LogP contribution < -0.4 is 4.90 Å². The first kappa shape index (κ1) is 19.7. The van der Waals surface area contributed by atoms with Gasteiger partial charge >= 0.3 is 0 Å². The van der Waals surface area contributed by atoms with Gasteiger partial charge in [-0.3, -0.25) is 4.79 Å². The van der Waals surface area contributed by atoms with Crippen molar-refractivity contribution in [2.24, 2.45) is 0 Å². The van der Waals surface area contributed by atoms with Crippen LogP contribution in [-0.4, -0.2) is 52.1 Å². The van der Waals surface area contributed by atoms with Gasteiger partial charge in [-0.2, -0.15) is 4.98 Å². The second kappa shape index (κ2) is 8.45. The molecule has 5 rings (SSSR count). The van der Waals surface area contributed by atoms with E-state index in [1.54, 1.807) is 23.2 Å². The van der Waals surface area contributed by atoms with Gasteiger partial charge in [0, 0.05) is 49.4 Å². The molecule has 0 N–H and O–H groups in total. The molecular weight excluding hydrogens is 397 g/mol. The summed E-state index contributed by atoms with van der Waals surface area (Å²) in [4.78, 5) is 25.6. The molecular formula is C23H24FN5O2. The van der Waals surface area contributed by atoms with Crippen molar-refractivity contribution in [2.45, 2.75) is 31.6 Å². The molecule has 0 unspecified atom stereocenters. The topological polar surface area (TPSA) is 75.4 Å². The fourth-order valence-electron chi connectivity index (χ4n) is 4.34. The Kier molecular flexibility index (Phi) is 5.36. The van der Waals surface area contributed by atoms with Gasteiger partial charge in [0.15, 0.2) is 0 Å². The monoisotopic (exact) mass is 421 g/mol. The summed E-state index contributed by atoms with van der Waals surface area (Å²) < 4.78 is 18.9. The molecule has 2 fully saturated rings. The second-order valence-electron chi connectivity index (χ2n) is 8.13. The number of carbonyl (C=O) groups excluding carboxylic acids is 1. The molecule has 31 heavy (non-hydrogen) atoms. The number of anilines is 1. The molecule has 0 radical (unpaired) electrons. The van der Waals surface area contributed by atoms with Crippen molar-refractivity contribution in [2.75, 3.05) is 31.1 Å². The predicted molar refractivity (Wildman–Crippen MR) is 113 cm³/mol. The molecule has 2 aromatic heterocycles. The fraction of sp³-hybridized carbons (Fsp3) is 0.391. The highest BCUT2D eigenvalue weighted by atomic mass is 19.1. The summed E-state index contributed by atoms with van der Waals surface area (Å²) in [6.45, 7) is 2.46. The summed E-state index contributed by atoms with van der Waals surface area (Å²) in [5.74, 6) is 2.01. The van der Waals surface area contributed by atoms with Crippen LogP contribution >= 0.6 is 0 Å². The maximum Gasteiger partial charge on any atom is 0.254 e. The summed E-state index contributed by atoms with van der Waals surface area (Å²) in [6.07, 6.45) is 6.45. The Balaban J connectivity index is 1.21. The van der Waals surface area contributed by atoms with Crippen molar-refractivity contribution in [1.82, 2.24) is 20.0 Å². The normalized spacial score (nSPS) is 17.3. The van der Waals surface area contributed by atoms with Gasteiger partial charge in [-0.05, 0) is 43.2 Å². The summed E-state index contributed by atoms with van der Waals surface area (Å²) in [5, 5.41) is 4.13. The lowest BCUT2D eigenvalue weighted by Gasteiger charge is -2.35. The molecule has 1 aliphatic carbocycles. The number of benzene rings is 1. The molecule has 1 amide bonds. The average Bonchev–Trinajstić information content (AvgIpc) is 3.51. The SMILES string of the molecule is O=C(c1cccc(F)c1)N1CCN(c2ccc(-c3noc(C4CCCC4)n3)cn2)CC1. The quantitative estimate of drug-likeness (QED) is 0.636. The van der Waals surface area contributed by atoms with Crippen LogP contribution in [0.1, 0.15) is 47.8 Å². The molecule has 0 bridgehead atoms. The van der Waals surface area contributed by atoms with E-state index in [4.69, 9.17) is 4.52 Å². The van der Waals surface area contributed by atoms with Crippen LogP contribution in [0.2, 0.25) is 0 Å². The van der Waals surface area contributed by atoms with Gasteiger partial charge in [0.25, 0.3) is 5.91 Å². The molecule has 3 heterocycles. The number of hydrogen-bond acceptors (Lipinski definition) is 6. The van der Waals surface area contributed by atoms with Crippen molar-refractivity contribution in [1.29, 1.82) is 0 Å². The number of nitrogens with zero attached hydrogens (tertiary/aromatic N) is 5. The summed E-state index contributed by atoms with van der Waals surface area (Å²) in [7, 11) is 0. The first-order chi connectivity index (χ1) is 15.2. The first-order valence-electron chi connectivity index (χ1n) is 10.8. The van der Waals surface area contributed by atoms with E-state index in [0.29, 0.717) is 43.5 Å². The van der Waals surface area contributed by atoms with Gasteiger partial charge < -0.3 is 14.3 Å². The Morgan fingerprint density at radius 1 is 1.06 bits per heavy atom. The maximum atomic E-state index is 13.4. The summed E-state index contributed by atoms with van der Waals surface area (Å²) in [6, 6.07) is 9.74. The van der Waals surface area contributed by atoms with E-state index in [9.17, 15) is 9.18 Å². The lowest BCUT2D eigenvalue weighted by atomic mass is 10.1. The predicted octanol–water partition coefficient (Wildman–Crippen LogP) is 3.89. The maximum absolute atomic E-state index is 13.4. The zero-order valence-electron chi connectivity index (χ0n) is 17.2. The molecule has 0 spiro atoms. The second-order valence-corrected chi connectivity index (χ2v) is 8.13. The Bertz CT molecular complexity index is 1050. The Labute approximate surface area is 179 Å². The molecule has 1 saturated heterocycles. The molecule has 0 atom stereocenters. The largest absolute Gasteiger partial charge is 0.353 e. The molecule has 3 aromatic rings. The highest BCUT2D eigenvalue weighted by molar-refractivity contribution is 5.94. The Hall–Kier alpha value is -3.29. The van der Waals surface area contributed by atoms with Crippen molar-refractivity contribution in [3.63, 3.8) is 0 Å². The van der Waals surface area contributed by atoms with Crippen LogP contribution in [0, 0.1) is 5.82 Å². The number of halogens is 1. The molecule has 2 aliphatic rings. The molecule has 8 heteroatoms. The lowest BCUT2D eigenvalue weighted by Crippen LogP contribution is -2.49. The lowest BCUT2D eigenvalue weighted by molar-refractivity contribution is 0.0746. The molecule has 7 nitrogen and oxygen atoms in total. The number of carbonyl (C=O) groups is 1. The van der Waals surface area contributed by atoms with E-state index in [2.05, 4.69) is 20.0 Å². The Morgan fingerprint density at radius 3 is 2.58 bits per heavy atom. The van der Waals surface area contributed by atoms with Crippen molar-refractivity contribution >= 4 is 11.7 Å². The van der Waals surface area contributed by atoms with E-state index >= 15 is 0 Å². The minimum absolute atomic E-state index is 0.141. The summed E-state index contributed by atoms with van der Waals surface area (Å²) in [5.41, 5.74) is 1.21. The molecule has 1 saturated carbocycles. The van der Waals surface area contributed by atoms with Crippen LogP contribution in [0.5, 0.6) is 0 Å².